The van der Waals surface area contributed by atoms with Gasteiger partial charge in [0.05, 0.1) is 11.2 Å². The first-order chi connectivity index (χ1) is 10.9. The van der Waals surface area contributed by atoms with E-state index in [4.69, 9.17) is 13.0 Å². The quantitative estimate of drug-likeness (QED) is 0.830. The first-order valence-electron chi connectivity index (χ1n) is 7.71. The minimum atomic E-state index is -1.06. The fourth-order valence-electron chi connectivity index (χ4n) is 1.65. The number of thiazole rings is 1. The molecule has 0 unspecified atom stereocenters. The number of nitrogens with one attached hydrogen (secondary N) is 1. The maximum Gasteiger partial charge on any atom is 0.405 e. The largest absolute Gasteiger partial charge is 0.465 e. The van der Waals surface area contributed by atoms with Crippen molar-refractivity contribution < 1.29 is 9.90 Å². The highest BCUT2D eigenvalue weighted by Crippen LogP contribution is 2.28. The van der Waals surface area contributed by atoms with Crippen molar-refractivity contribution in [2.45, 2.75) is 47.1 Å². The Morgan fingerprint density at radius 3 is 2.17 bits per heavy atom. The van der Waals surface area contributed by atoms with Crippen molar-refractivity contribution in [2.75, 3.05) is 0 Å². The van der Waals surface area contributed by atoms with E-state index in [9.17, 15) is 4.79 Å². The highest BCUT2D eigenvalue weighted by Gasteiger charge is 2.25. The predicted molar refractivity (Wildman–Crippen MR) is 99.8 cm³/mol. The summed E-state index contributed by atoms with van der Waals surface area (Å²) in [7, 11) is 5.64. The maximum absolute atomic E-state index is 10.8. The van der Waals surface area contributed by atoms with Crippen LogP contribution in [0, 0.1) is 0 Å². The summed E-state index contributed by atoms with van der Waals surface area (Å²) in [5.41, 5.74) is 1.66. The van der Waals surface area contributed by atoms with Crippen LogP contribution in [0.1, 0.15) is 47.2 Å². The van der Waals surface area contributed by atoms with Crippen molar-refractivity contribution in [1.82, 2.24) is 10.3 Å². The monoisotopic (exact) mass is 332 g/mol. The Balaban J connectivity index is 0.00000112. The van der Waals surface area contributed by atoms with E-state index in [1.807, 2.05) is 57.3 Å². The van der Waals surface area contributed by atoms with Crippen LogP contribution in [-0.2, 0) is 5.54 Å². The van der Waals surface area contributed by atoms with Crippen LogP contribution >= 0.6 is 11.3 Å². The summed E-state index contributed by atoms with van der Waals surface area (Å²) < 4.78 is 0. The van der Waals surface area contributed by atoms with E-state index in [2.05, 4.69) is 10.3 Å². The van der Waals surface area contributed by atoms with E-state index in [0.29, 0.717) is 11.2 Å². The number of hydrogen-bond acceptors (Lipinski definition) is 3. The molecule has 0 fully saturated rings. The number of aromatic nitrogens is 1. The average Bonchev–Trinajstić information content (AvgIpc) is 3.02. The molecule has 2 rings (SSSR count). The minimum Gasteiger partial charge on any atom is -0.465 e. The molecule has 2 N–H and O–H groups in total. The van der Waals surface area contributed by atoms with Crippen LogP contribution < -0.4 is 10.8 Å². The van der Waals surface area contributed by atoms with Gasteiger partial charge in [-0.2, -0.15) is 0 Å². The molecule has 4 nitrogen and oxygen atoms in total. The zero-order valence-corrected chi connectivity index (χ0v) is 15.5. The number of amides is 1. The molecule has 1 amide bonds. The summed E-state index contributed by atoms with van der Waals surface area (Å²) >= 11 is 1.48. The molecule has 0 aliphatic rings. The van der Waals surface area contributed by atoms with Gasteiger partial charge in [-0.05, 0) is 13.8 Å². The fourth-order valence-corrected chi connectivity index (χ4v) is 2.64. The van der Waals surface area contributed by atoms with Gasteiger partial charge in [0.2, 0.25) is 0 Å². The Kier molecular flexibility index (Phi) is 9.26. The second-order valence-corrected chi connectivity index (χ2v) is 5.57. The summed E-state index contributed by atoms with van der Waals surface area (Å²) in [6.07, 6.45) is -1.06. The molecule has 0 spiro atoms. The van der Waals surface area contributed by atoms with Crippen LogP contribution in [0.15, 0.2) is 29.6 Å². The van der Waals surface area contributed by atoms with Crippen molar-refractivity contribution in [3.05, 3.63) is 35.3 Å². The van der Waals surface area contributed by atoms with E-state index >= 15 is 0 Å². The molecule has 6 heteroatoms. The lowest BCUT2D eigenvalue weighted by molar-refractivity contribution is 0.182. The molecule has 1 heterocycles. The van der Waals surface area contributed by atoms with Gasteiger partial charge < -0.3 is 10.4 Å². The van der Waals surface area contributed by atoms with Crippen LogP contribution in [0.4, 0.5) is 4.79 Å². The first kappa shape index (κ1) is 21.2. The SMILES string of the molecule is CC.CC.[B]c1ccc(-c2nc(C(C)(C)NC(=O)O)cs2)cc1. The van der Waals surface area contributed by atoms with Gasteiger partial charge in [-0.1, -0.05) is 57.4 Å². The second kappa shape index (κ2) is 10.1. The van der Waals surface area contributed by atoms with Gasteiger partial charge in [-0.15, -0.1) is 11.3 Å². The Hall–Kier alpha value is -1.82. The number of rotatable bonds is 3. The lowest BCUT2D eigenvalue weighted by Gasteiger charge is -2.21. The van der Waals surface area contributed by atoms with Gasteiger partial charge >= 0.3 is 6.09 Å². The Bertz CT molecular complexity index is 595. The van der Waals surface area contributed by atoms with E-state index in [0.717, 1.165) is 10.6 Å². The van der Waals surface area contributed by atoms with E-state index in [-0.39, 0.29) is 0 Å². The summed E-state index contributed by atoms with van der Waals surface area (Å²) in [4.78, 5) is 15.2. The third-order valence-electron chi connectivity index (χ3n) is 2.72. The molecule has 2 radical (unpaired) electrons. The molecule has 0 aliphatic heterocycles. The Morgan fingerprint density at radius 1 is 1.17 bits per heavy atom. The van der Waals surface area contributed by atoms with Gasteiger partial charge in [-0.3, -0.25) is 0 Å². The lowest BCUT2D eigenvalue weighted by atomic mass is 9.95. The molecule has 1 aromatic carbocycles. The van der Waals surface area contributed by atoms with Crippen molar-refractivity contribution in [3.8, 4) is 10.6 Å². The number of nitrogens with zero attached hydrogens (tertiary/aromatic N) is 1. The maximum atomic E-state index is 10.8. The van der Waals surface area contributed by atoms with Gasteiger partial charge in [0.1, 0.15) is 12.9 Å². The third-order valence-corrected chi connectivity index (χ3v) is 3.61. The van der Waals surface area contributed by atoms with Crippen LogP contribution in [0.5, 0.6) is 0 Å². The molecule has 0 saturated heterocycles. The van der Waals surface area contributed by atoms with Crippen molar-refractivity contribution >= 4 is 30.7 Å². The number of benzene rings is 1. The topological polar surface area (TPSA) is 62.2 Å². The van der Waals surface area contributed by atoms with Gasteiger partial charge in [-0.25, -0.2) is 9.78 Å². The zero-order chi connectivity index (χ0) is 18.0. The summed E-state index contributed by atoms with van der Waals surface area (Å²) in [6, 6.07) is 7.43. The summed E-state index contributed by atoms with van der Waals surface area (Å²) in [5, 5.41) is 14.0. The smallest absolute Gasteiger partial charge is 0.405 e. The van der Waals surface area contributed by atoms with Crippen LogP contribution in [-0.4, -0.2) is 24.0 Å². The van der Waals surface area contributed by atoms with Crippen molar-refractivity contribution in [2.24, 2.45) is 0 Å². The van der Waals surface area contributed by atoms with Gasteiger partial charge in [0.25, 0.3) is 0 Å². The van der Waals surface area contributed by atoms with Crippen molar-refractivity contribution in [1.29, 1.82) is 0 Å². The Morgan fingerprint density at radius 2 is 1.70 bits per heavy atom. The standard InChI is InChI=1S/C13H13BN2O2S.2C2H6/c1-13(2,16-12(17)18)10-7-19-11(15-10)8-3-5-9(14)6-4-8;2*1-2/h3-7,16H,1-2H3,(H,17,18);2*1-2H3. The molecular formula is C17H25BN2O2S. The van der Waals surface area contributed by atoms with E-state index in [1.54, 1.807) is 13.8 Å². The molecule has 23 heavy (non-hydrogen) atoms. The van der Waals surface area contributed by atoms with Gasteiger partial charge in [0.15, 0.2) is 0 Å². The molecule has 0 atom stereocenters. The average molecular weight is 332 g/mol. The lowest BCUT2D eigenvalue weighted by Crippen LogP contribution is -2.40. The molecular weight excluding hydrogens is 307 g/mol. The van der Waals surface area contributed by atoms with Crippen LogP contribution in [0.3, 0.4) is 0 Å². The number of carbonyl (C=O) groups is 1. The Labute approximate surface area is 144 Å². The molecule has 0 aliphatic carbocycles. The summed E-state index contributed by atoms with van der Waals surface area (Å²) in [6.45, 7) is 11.6. The molecule has 124 valence electrons. The van der Waals surface area contributed by atoms with E-state index in [1.165, 1.54) is 11.3 Å². The summed E-state index contributed by atoms with van der Waals surface area (Å²) in [5.74, 6) is 0. The number of hydrogen-bond donors (Lipinski definition) is 2. The minimum absolute atomic E-state index is 0.701. The second-order valence-electron chi connectivity index (χ2n) is 4.72. The molecule has 0 saturated carbocycles. The normalized spacial score (nSPS) is 9.83. The van der Waals surface area contributed by atoms with Crippen LogP contribution in [0.2, 0.25) is 0 Å². The van der Waals surface area contributed by atoms with Gasteiger partial charge in [0, 0.05) is 10.9 Å². The molecule has 2 aromatic rings. The predicted octanol–water partition coefficient (Wildman–Crippen LogP) is 4.16. The zero-order valence-electron chi connectivity index (χ0n) is 14.7. The molecule has 0 bridgehead atoms. The van der Waals surface area contributed by atoms with Crippen LogP contribution in [0.25, 0.3) is 10.6 Å². The van der Waals surface area contributed by atoms with E-state index < -0.39 is 11.6 Å². The number of carboxylic acid groups (broad SMARTS) is 1. The third kappa shape index (κ3) is 6.44. The molecule has 1 aromatic heterocycles. The fraction of sp³-hybridized carbons (Fsp3) is 0.412. The highest BCUT2D eigenvalue weighted by molar-refractivity contribution is 7.13. The highest BCUT2D eigenvalue weighted by atomic mass is 32.1. The first-order valence-corrected chi connectivity index (χ1v) is 8.59. The van der Waals surface area contributed by atoms with Crippen molar-refractivity contribution in [3.63, 3.8) is 0 Å².